The third kappa shape index (κ3) is 0.813. The summed E-state index contributed by atoms with van der Waals surface area (Å²) in [6.45, 7) is 0. The van der Waals surface area contributed by atoms with Crippen molar-refractivity contribution in [1.82, 2.24) is 0 Å². The van der Waals surface area contributed by atoms with E-state index in [0.717, 1.165) is 19.3 Å². The van der Waals surface area contributed by atoms with E-state index in [9.17, 15) is 8.78 Å². The predicted molar refractivity (Wildman–Crippen MR) is 42.3 cm³/mol. The summed E-state index contributed by atoms with van der Waals surface area (Å²) in [6, 6.07) is 0. The molecule has 0 aliphatic heterocycles. The van der Waals surface area contributed by atoms with Gasteiger partial charge >= 0.3 is 0 Å². The Bertz CT molecular complexity index is 198. The summed E-state index contributed by atoms with van der Waals surface area (Å²) in [5, 5.41) is 0. The summed E-state index contributed by atoms with van der Waals surface area (Å²) in [5.74, 6) is 0.655. The highest BCUT2D eigenvalue weighted by Crippen LogP contribution is 2.58. The molecule has 0 aromatic carbocycles. The lowest BCUT2D eigenvalue weighted by Gasteiger charge is -2.54. The lowest BCUT2D eigenvalue weighted by Crippen LogP contribution is -2.53. The van der Waals surface area contributed by atoms with Crippen molar-refractivity contribution < 1.29 is 8.78 Å². The van der Waals surface area contributed by atoms with Gasteiger partial charge in [0.15, 0.2) is 0 Å². The van der Waals surface area contributed by atoms with E-state index in [0.29, 0.717) is 18.8 Å². The van der Waals surface area contributed by atoms with Crippen molar-refractivity contribution in [2.45, 2.75) is 43.9 Å². The van der Waals surface area contributed by atoms with Crippen molar-refractivity contribution in [2.75, 3.05) is 0 Å². The topological polar surface area (TPSA) is 0 Å². The van der Waals surface area contributed by atoms with Crippen LogP contribution in [0.4, 0.5) is 8.78 Å². The SMILES string of the molecule is FC1[C@@H]2CC3C[C@H]1CC(F)(C3)C2. The fourth-order valence-electron chi connectivity index (χ4n) is 3.86. The van der Waals surface area contributed by atoms with Crippen LogP contribution in [-0.4, -0.2) is 11.8 Å². The average Bonchev–Trinajstić information content (AvgIpc) is 1.96. The van der Waals surface area contributed by atoms with Gasteiger partial charge in [-0.05, 0) is 49.9 Å². The monoisotopic (exact) mass is 172 g/mol. The normalized spacial score (nSPS) is 62.5. The van der Waals surface area contributed by atoms with Crippen LogP contribution in [0.1, 0.15) is 32.1 Å². The molecular formula is C10H14F2. The minimum Gasteiger partial charge on any atom is -0.247 e. The molecule has 0 radical (unpaired) electrons. The van der Waals surface area contributed by atoms with Crippen LogP contribution in [0.2, 0.25) is 0 Å². The molecule has 68 valence electrons. The Labute approximate surface area is 71.3 Å². The standard InChI is InChI=1S/C10H14F2/c11-9-7-1-6-2-8(9)5-10(12,3-6)4-7/h6-9H,1-5H2/t6?,7-,8+,9?,10?. The molecule has 5 atom stereocenters. The van der Waals surface area contributed by atoms with Crippen molar-refractivity contribution in [3.63, 3.8) is 0 Å². The third-order valence-electron chi connectivity index (χ3n) is 4.08. The molecule has 2 heteroatoms. The predicted octanol–water partition coefficient (Wildman–Crippen LogP) is 2.87. The van der Waals surface area contributed by atoms with Gasteiger partial charge in [-0.2, -0.15) is 0 Å². The second kappa shape index (κ2) is 2.02. The number of hydrogen-bond donors (Lipinski definition) is 0. The Morgan fingerprint density at radius 3 is 2.08 bits per heavy atom. The molecule has 0 aromatic rings. The van der Waals surface area contributed by atoms with E-state index in [1.165, 1.54) is 0 Å². The van der Waals surface area contributed by atoms with E-state index in [1.54, 1.807) is 0 Å². The van der Waals surface area contributed by atoms with E-state index >= 15 is 0 Å². The maximum absolute atomic E-state index is 13.9. The quantitative estimate of drug-likeness (QED) is 0.527. The average molecular weight is 172 g/mol. The van der Waals surface area contributed by atoms with E-state index < -0.39 is 11.8 Å². The number of rotatable bonds is 0. The van der Waals surface area contributed by atoms with Crippen LogP contribution < -0.4 is 0 Å². The highest BCUT2D eigenvalue weighted by atomic mass is 19.1. The van der Waals surface area contributed by atoms with Gasteiger partial charge in [0.05, 0.1) is 0 Å². The van der Waals surface area contributed by atoms with Crippen LogP contribution in [0.25, 0.3) is 0 Å². The van der Waals surface area contributed by atoms with Crippen molar-refractivity contribution in [3.05, 3.63) is 0 Å². The third-order valence-corrected chi connectivity index (χ3v) is 4.08. The van der Waals surface area contributed by atoms with Gasteiger partial charge in [-0.1, -0.05) is 0 Å². The van der Waals surface area contributed by atoms with E-state index in [-0.39, 0.29) is 11.8 Å². The molecule has 4 saturated carbocycles. The van der Waals surface area contributed by atoms with Crippen molar-refractivity contribution >= 4 is 0 Å². The Balaban J connectivity index is 1.95. The fourth-order valence-corrected chi connectivity index (χ4v) is 3.86. The summed E-state index contributed by atoms with van der Waals surface area (Å²) in [5.41, 5.74) is -0.959. The number of halogens is 2. The molecule has 0 spiro atoms. The molecule has 0 aromatic heterocycles. The van der Waals surface area contributed by atoms with Crippen LogP contribution >= 0.6 is 0 Å². The first-order valence-corrected chi connectivity index (χ1v) is 4.99. The highest BCUT2D eigenvalue weighted by Gasteiger charge is 2.56. The van der Waals surface area contributed by atoms with Gasteiger partial charge in [-0.3, -0.25) is 0 Å². The Hall–Kier alpha value is -0.140. The molecule has 12 heavy (non-hydrogen) atoms. The first-order chi connectivity index (χ1) is 5.66. The Kier molecular flexibility index (Phi) is 1.23. The smallest absolute Gasteiger partial charge is 0.112 e. The van der Waals surface area contributed by atoms with Crippen molar-refractivity contribution in [2.24, 2.45) is 17.8 Å². The maximum atomic E-state index is 13.9. The molecule has 4 aliphatic carbocycles. The maximum Gasteiger partial charge on any atom is 0.112 e. The molecule has 4 rings (SSSR count). The summed E-state index contributed by atoms with van der Waals surface area (Å²) in [6.07, 6.45) is 3.01. The second-order valence-electron chi connectivity index (χ2n) is 5.07. The van der Waals surface area contributed by atoms with Gasteiger partial charge in [0.25, 0.3) is 0 Å². The van der Waals surface area contributed by atoms with Crippen molar-refractivity contribution in [1.29, 1.82) is 0 Å². The molecule has 0 nitrogen and oxygen atoms in total. The second-order valence-corrected chi connectivity index (χ2v) is 5.07. The summed E-state index contributed by atoms with van der Waals surface area (Å²) in [7, 11) is 0. The van der Waals surface area contributed by atoms with Gasteiger partial charge < -0.3 is 0 Å². The van der Waals surface area contributed by atoms with Gasteiger partial charge in [0.1, 0.15) is 11.8 Å². The number of hydrogen-bond acceptors (Lipinski definition) is 0. The van der Waals surface area contributed by atoms with E-state index in [2.05, 4.69) is 0 Å². The molecule has 0 N–H and O–H groups in total. The summed E-state index contributed by atoms with van der Waals surface area (Å²) in [4.78, 5) is 0. The largest absolute Gasteiger partial charge is 0.247 e. The van der Waals surface area contributed by atoms with Crippen LogP contribution in [0.5, 0.6) is 0 Å². The zero-order chi connectivity index (χ0) is 8.34. The van der Waals surface area contributed by atoms with Crippen LogP contribution in [0.3, 0.4) is 0 Å². The first kappa shape index (κ1) is 7.28. The minimum absolute atomic E-state index is 0.0706. The molecular weight excluding hydrogens is 158 g/mol. The van der Waals surface area contributed by atoms with Crippen LogP contribution in [-0.2, 0) is 0 Å². The molecule has 4 bridgehead atoms. The first-order valence-electron chi connectivity index (χ1n) is 4.99. The Morgan fingerprint density at radius 1 is 1.00 bits per heavy atom. The lowest BCUT2D eigenvalue weighted by molar-refractivity contribution is -0.117. The zero-order valence-electron chi connectivity index (χ0n) is 7.10. The lowest BCUT2D eigenvalue weighted by atomic mass is 9.54. The summed E-state index contributed by atoms with van der Waals surface area (Å²) >= 11 is 0. The molecule has 0 saturated heterocycles. The van der Waals surface area contributed by atoms with Gasteiger partial charge in [0, 0.05) is 0 Å². The zero-order valence-corrected chi connectivity index (χ0v) is 7.10. The molecule has 3 unspecified atom stereocenters. The van der Waals surface area contributed by atoms with Gasteiger partial charge in [0.2, 0.25) is 0 Å². The fraction of sp³-hybridized carbons (Fsp3) is 1.00. The molecule has 0 heterocycles. The van der Waals surface area contributed by atoms with E-state index in [4.69, 9.17) is 0 Å². The molecule has 4 aliphatic rings. The van der Waals surface area contributed by atoms with Gasteiger partial charge in [-0.25, -0.2) is 8.78 Å². The van der Waals surface area contributed by atoms with Crippen molar-refractivity contribution in [3.8, 4) is 0 Å². The Morgan fingerprint density at radius 2 is 1.58 bits per heavy atom. The number of alkyl halides is 2. The van der Waals surface area contributed by atoms with Crippen LogP contribution in [0, 0.1) is 17.8 Å². The highest BCUT2D eigenvalue weighted by molar-refractivity contribution is 5.06. The van der Waals surface area contributed by atoms with E-state index in [1.807, 2.05) is 0 Å². The van der Waals surface area contributed by atoms with Gasteiger partial charge in [-0.15, -0.1) is 0 Å². The minimum atomic E-state index is -0.959. The molecule has 0 amide bonds. The summed E-state index contributed by atoms with van der Waals surface area (Å²) < 4.78 is 27.4. The molecule has 4 fully saturated rings. The van der Waals surface area contributed by atoms with Crippen LogP contribution in [0.15, 0.2) is 0 Å².